The summed E-state index contributed by atoms with van der Waals surface area (Å²) in [4.78, 5) is 11.0. The molecule has 16 heavy (non-hydrogen) atoms. The molecule has 0 unspecified atom stereocenters. The van der Waals surface area contributed by atoms with E-state index in [2.05, 4.69) is 0 Å². The van der Waals surface area contributed by atoms with Crippen LogP contribution in [0.1, 0.15) is 30.7 Å². The maximum Gasteiger partial charge on any atom is 0.307 e. The SMILES string of the molecule is O=C(O)[C@H]1CCC(F)(F)C[C@@H]1c1ccoc1. The van der Waals surface area contributed by atoms with E-state index in [0.29, 0.717) is 5.56 Å². The largest absolute Gasteiger partial charge is 0.481 e. The Labute approximate surface area is 91.1 Å². The summed E-state index contributed by atoms with van der Waals surface area (Å²) >= 11 is 0. The van der Waals surface area contributed by atoms with E-state index in [9.17, 15) is 13.6 Å². The van der Waals surface area contributed by atoms with Crippen molar-refractivity contribution in [2.75, 3.05) is 0 Å². The average Bonchev–Trinajstić information content (AvgIpc) is 2.68. The second-order valence-electron chi connectivity index (χ2n) is 4.21. The van der Waals surface area contributed by atoms with Gasteiger partial charge in [-0.05, 0) is 18.1 Å². The number of hydrogen-bond donors (Lipinski definition) is 1. The first kappa shape index (κ1) is 11.1. The molecule has 0 amide bonds. The van der Waals surface area contributed by atoms with Gasteiger partial charge in [-0.15, -0.1) is 0 Å². The summed E-state index contributed by atoms with van der Waals surface area (Å²) in [6.45, 7) is 0. The third-order valence-corrected chi connectivity index (χ3v) is 3.11. The zero-order chi connectivity index (χ0) is 11.8. The third kappa shape index (κ3) is 2.08. The monoisotopic (exact) mass is 230 g/mol. The minimum atomic E-state index is -2.77. The molecule has 1 heterocycles. The molecule has 0 spiro atoms. The highest BCUT2D eigenvalue weighted by Gasteiger charge is 2.45. The van der Waals surface area contributed by atoms with Crippen molar-refractivity contribution in [1.29, 1.82) is 0 Å². The van der Waals surface area contributed by atoms with E-state index in [-0.39, 0.29) is 12.8 Å². The summed E-state index contributed by atoms with van der Waals surface area (Å²) in [6.07, 6.45) is 1.98. The molecule has 1 aromatic rings. The van der Waals surface area contributed by atoms with Gasteiger partial charge in [-0.2, -0.15) is 0 Å². The predicted molar refractivity (Wildman–Crippen MR) is 51.4 cm³/mol. The number of carbonyl (C=O) groups is 1. The number of furan rings is 1. The molecular weight excluding hydrogens is 218 g/mol. The first-order chi connectivity index (χ1) is 7.49. The van der Waals surface area contributed by atoms with Crippen LogP contribution in [0.25, 0.3) is 0 Å². The first-order valence-electron chi connectivity index (χ1n) is 5.12. The molecular formula is C11H12F2O3. The molecule has 1 saturated carbocycles. The molecule has 0 radical (unpaired) electrons. The van der Waals surface area contributed by atoms with Crippen molar-refractivity contribution >= 4 is 5.97 Å². The molecule has 1 fully saturated rings. The molecule has 88 valence electrons. The molecule has 0 saturated heterocycles. The highest BCUT2D eigenvalue weighted by Crippen LogP contribution is 2.45. The van der Waals surface area contributed by atoms with Crippen LogP contribution in [-0.2, 0) is 4.79 Å². The van der Waals surface area contributed by atoms with Crippen molar-refractivity contribution < 1.29 is 23.1 Å². The van der Waals surface area contributed by atoms with Gasteiger partial charge in [-0.25, -0.2) is 8.78 Å². The zero-order valence-electron chi connectivity index (χ0n) is 8.53. The summed E-state index contributed by atoms with van der Waals surface area (Å²) in [5, 5.41) is 9.00. The molecule has 5 heteroatoms. The highest BCUT2D eigenvalue weighted by atomic mass is 19.3. The number of carboxylic acid groups (broad SMARTS) is 1. The fourth-order valence-corrected chi connectivity index (χ4v) is 2.27. The van der Waals surface area contributed by atoms with Gasteiger partial charge in [0.05, 0.1) is 18.4 Å². The van der Waals surface area contributed by atoms with Gasteiger partial charge < -0.3 is 9.52 Å². The number of rotatable bonds is 2. The summed E-state index contributed by atoms with van der Waals surface area (Å²) < 4.78 is 31.3. The third-order valence-electron chi connectivity index (χ3n) is 3.11. The van der Waals surface area contributed by atoms with Crippen LogP contribution < -0.4 is 0 Å². The van der Waals surface area contributed by atoms with E-state index in [1.165, 1.54) is 12.5 Å². The smallest absolute Gasteiger partial charge is 0.307 e. The van der Waals surface area contributed by atoms with E-state index < -0.39 is 30.1 Å². The highest BCUT2D eigenvalue weighted by molar-refractivity contribution is 5.71. The lowest BCUT2D eigenvalue weighted by Crippen LogP contribution is -2.34. The quantitative estimate of drug-likeness (QED) is 0.849. The van der Waals surface area contributed by atoms with Crippen molar-refractivity contribution in [3.05, 3.63) is 24.2 Å². The Balaban J connectivity index is 2.25. The number of alkyl halides is 2. The van der Waals surface area contributed by atoms with Gasteiger partial charge in [0.2, 0.25) is 5.92 Å². The van der Waals surface area contributed by atoms with Crippen LogP contribution in [0.2, 0.25) is 0 Å². The van der Waals surface area contributed by atoms with Crippen molar-refractivity contribution in [3.63, 3.8) is 0 Å². The summed E-state index contributed by atoms with van der Waals surface area (Å²) in [5.41, 5.74) is 0.548. The van der Waals surface area contributed by atoms with Crippen molar-refractivity contribution in [2.24, 2.45) is 5.92 Å². The van der Waals surface area contributed by atoms with Crippen molar-refractivity contribution in [2.45, 2.75) is 31.1 Å². The van der Waals surface area contributed by atoms with Crippen molar-refractivity contribution in [3.8, 4) is 0 Å². The second kappa shape index (κ2) is 3.88. The number of carboxylic acids is 1. The van der Waals surface area contributed by atoms with Gasteiger partial charge in [-0.3, -0.25) is 4.79 Å². The molecule has 3 nitrogen and oxygen atoms in total. The van der Waals surface area contributed by atoms with Crippen LogP contribution >= 0.6 is 0 Å². The molecule has 0 aromatic carbocycles. The fraction of sp³-hybridized carbons (Fsp3) is 0.545. The van der Waals surface area contributed by atoms with Crippen LogP contribution in [0, 0.1) is 5.92 Å². The number of halogens is 2. The fourth-order valence-electron chi connectivity index (χ4n) is 2.27. The van der Waals surface area contributed by atoms with E-state index in [1.807, 2.05) is 0 Å². The lowest BCUT2D eigenvalue weighted by Gasteiger charge is -2.33. The maximum atomic E-state index is 13.3. The second-order valence-corrected chi connectivity index (χ2v) is 4.21. The van der Waals surface area contributed by atoms with E-state index in [4.69, 9.17) is 9.52 Å². The van der Waals surface area contributed by atoms with Crippen molar-refractivity contribution in [1.82, 2.24) is 0 Å². The number of hydrogen-bond acceptors (Lipinski definition) is 2. The van der Waals surface area contributed by atoms with Gasteiger partial charge in [0.15, 0.2) is 0 Å². The van der Waals surface area contributed by atoms with Crippen LogP contribution in [0.3, 0.4) is 0 Å². The predicted octanol–water partition coefficient (Wildman–Crippen LogP) is 2.88. The normalized spacial score (nSPS) is 28.9. The van der Waals surface area contributed by atoms with E-state index >= 15 is 0 Å². The molecule has 2 atom stereocenters. The van der Waals surface area contributed by atoms with Crippen LogP contribution in [0.15, 0.2) is 23.0 Å². The van der Waals surface area contributed by atoms with Crippen LogP contribution in [0.4, 0.5) is 8.78 Å². The summed E-state index contributed by atoms with van der Waals surface area (Å²) in [5.74, 6) is -5.17. The Kier molecular flexibility index (Phi) is 2.69. The molecule has 1 N–H and O–H groups in total. The molecule has 0 aliphatic heterocycles. The van der Waals surface area contributed by atoms with E-state index in [1.54, 1.807) is 6.07 Å². The molecule has 2 rings (SSSR count). The standard InChI is InChI=1S/C11H12F2O3/c12-11(13)3-1-8(10(14)15)9(5-11)7-2-4-16-6-7/h2,4,6,8-9H,1,3,5H2,(H,14,15)/t8-,9+/m0/s1. The molecule has 0 bridgehead atoms. The van der Waals surface area contributed by atoms with Gasteiger partial charge in [0, 0.05) is 18.8 Å². The maximum absolute atomic E-state index is 13.3. The summed E-state index contributed by atoms with van der Waals surface area (Å²) in [7, 11) is 0. The molecule has 1 aliphatic carbocycles. The van der Waals surface area contributed by atoms with Crippen LogP contribution in [-0.4, -0.2) is 17.0 Å². The Hall–Kier alpha value is -1.39. The Morgan fingerprint density at radius 3 is 2.88 bits per heavy atom. The first-order valence-corrected chi connectivity index (χ1v) is 5.12. The van der Waals surface area contributed by atoms with Gasteiger partial charge >= 0.3 is 5.97 Å². The minimum absolute atomic E-state index is 0.0121. The topological polar surface area (TPSA) is 50.4 Å². The Morgan fingerprint density at radius 1 is 1.56 bits per heavy atom. The Morgan fingerprint density at radius 2 is 2.31 bits per heavy atom. The molecule has 1 aromatic heterocycles. The number of aliphatic carboxylic acids is 1. The van der Waals surface area contributed by atoms with Gasteiger partial charge in [0.1, 0.15) is 0 Å². The zero-order valence-corrected chi connectivity index (χ0v) is 8.53. The van der Waals surface area contributed by atoms with Gasteiger partial charge in [0.25, 0.3) is 0 Å². The summed E-state index contributed by atoms with van der Waals surface area (Å²) in [6, 6.07) is 1.56. The van der Waals surface area contributed by atoms with E-state index in [0.717, 1.165) is 0 Å². The van der Waals surface area contributed by atoms with Crippen LogP contribution in [0.5, 0.6) is 0 Å². The lowest BCUT2D eigenvalue weighted by atomic mass is 9.74. The van der Waals surface area contributed by atoms with Gasteiger partial charge in [-0.1, -0.05) is 0 Å². The average molecular weight is 230 g/mol. The molecule has 1 aliphatic rings. The minimum Gasteiger partial charge on any atom is -0.481 e. The Bertz CT molecular complexity index is 373. The lowest BCUT2D eigenvalue weighted by molar-refractivity contribution is -0.147.